The third-order valence-electron chi connectivity index (χ3n) is 8.83. The van der Waals surface area contributed by atoms with Gasteiger partial charge in [0.2, 0.25) is 0 Å². The summed E-state index contributed by atoms with van der Waals surface area (Å²) in [5.41, 5.74) is 2.71. The number of piperidine rings is 2. The number of halogens is 1. The second kappa shape index (κ2) is 10.7. The summed E-state index contributed by atoms with van der Waals surface area (Å²) >= 11 is 0. The van der Waals surface area contributed by atoms with E-state index in [4.69, 9.17) is 4.74 Å². The molecule has 0 N–H and O–H groups in total. The Balaban J connectivity index is 1.09. The highest BCUT2D eigenvalue weighted by molar-refractivity contribution is 7.90. The maximum atomic E-state index is 15.1. The molecule has 0 unspecified atom stereocenters. The average molecular weight is 541 g/mol. The normalized spacial score (nSPS) is 21.8. The lowest BCUT2D eigenvalue weighted by Gasteiger charge is -2.44. The van der Waals surface area contributed by atoms with Gasteiger partial charge in [-0.05, 0) is 94.4 Å². The van der Waals surface area contributed by atoms with Crippen LogP contribution in [0.25, 0.3) is 16.9 Å². The van der Waals surface area contributed by atoms with Gasteiger partial charge in [0.25, 0.3) is 0 Å². The minimum absolute atomic E-state index is 0.259. The summed E-state index contributed by atoms with van der Waals surface area (Å²) in [5, 5.41) is 0. The van der Waals surface area contributed by atoms with E-state index in [1.54, 1.807) is 34.7 Å². The fourth-order valence-electron chi connectivity index (χ4n) is 6.58. The minimum Gasteiger partial charge on any atom is -0.381 e. The maximum Gasteiger partial charge on any atom is 0.175 e. The molecular weight excluding hydrogens is 503 g/mol. The van der Waals surface area contributed by atoms with Crippen molar-refractivity contribution in [3.8, 4) is 11.3 Å². The van der Waals surface area contributed by atoms with E-state index in [0.717, 1.165) is 50.3 Å². The molecule has 0 radical (unpaired) electrons. The lowest BCUT2D eigenvalue weighted by atomic mass is 9.88. The average Bonchev–Trinajstić information content (AvgIpc) is 3.38. The number of hydrogen-bond acceptors (Lipinski definition) is 6. The van der Waals surface area contributed by atoms with Crippen molar-refractivity contribution < 1.29 is 17.5 Å². The highest BCUT2D eigenvalue weighted by Gasteiger charge is 2.31. The summed E-state index contributed by atoms with van der Waals surface area (Å²) in [6.45, 7) is 6.32. The Hall–Kier alpha value is -2.33. The molecule has 0 aliphatic carbocycles. The van der Waals surface area contributed by atoms with E-state index < -0.39 is 9.84 Å². The molecule has 6 rings (SSSR count). The summed E-state index contributed by atoms with van der Waals surface area (Å²) < 4.78 is 46.0. The SMILES string of the molecule is CS(=O)(=O)c1ccc(-c2cn3cc(C4CCN(C5CCN(C6CCOCC6)CC5)CC4)cc(F)c3n2)cc1. The molecule has 1 aromatic carbocycles. The van der Waals surface area contributed by atoms with Crippen LogP contribution in [0.5, 0.6) is 0 Å². The van der Waals surface area contributed by atoms with Gasteiger partial charge in [0.1, 0.15) is 0 Å². The largest absolute Gasteiger partial charge is 0.381 e. The van der Waals surface area contributed by atoms with Crippen molar-refractivity contribution in [1.82, 2.24) is 19.2 Å². The third-order valence-corrected chi connectivity index (χ3v) is 9.96. The number of benzene rings is 1. The number of hydrogen-bond donors (Lipinski definition) is 0. The molecule has 2 aromatic heterocycles. The first-order valence-electron chi connectivity index (χ1n) is 13.9. The van der Waals surface area contributed by atoms with Gasteiger partial charge in [0, 0.05) is 49.5 Å². The van der Waals surface area contributed by atoms with Crippen LogP contribution in [0.15, 0.2) is 47.6 Å². The van der Waals surface area contributed by atoms with Gasteiger partial charge in [-0.25, -0.2) is 17.8 Å². The first-order valence-corrected chi connectivity index (χ1v) is 15.8. The molecule has 204 valence electrons. The predicted octanol–water partition coefficient (Wildman–Crippen LogP) is 4.37. The second-order valence-electron chi connectivity index (χ2n) is 11.2. The maximum absolute atomic E-state index is 15.1. The van der Waals surface area contributed by atoms with E-state index in [2.05, 4.69) is 14.8 Å². The molecule has 9 heteroatoms. The summed E-state index contributed by atoms with van der Waals surface area (Å²) in [7, 11) is -3.27. The number of rotatable bonds is 5. The van der Waals surface area contributed by atoms with E-state index in [1.165, 1.54) is 45.0 Å². The van der Waals surface area contributed by atoms with Gasteiger partial charge in [0.15, 0.2) is 21.3 Å². The van der Waals surface area contributed by atoms with Crippen LogP contribution in [0, 0.1) is 5.82 Å². The lowest BCUT2D eigenvalue weighted by molar-refractivity contribution is 0.0105. The van der Waals surface area contributed by atoms with Gasteiger partial charge >= 0.3 is 0 Å². The molecule has 0 bridgehead atoms. The molecule has 0 atom stereocenters. The third kappa shape index (κ3) is 5.39. The smallest absolute Gasteiger partial charge is 0.175 e. The Morgan fingerprint density at radius 2 is 1.47 bits per heavy atom. The van der Waals surface area contributed by atoms with Crippen LogP contribution in [-0.2, 0) is 14.6 Å². The second-order valence-corrected chi connectivity index (χ2v) is 13.2. The first kappa shape index (κ1) is 25.9. The van der Waals surface area contributed by atoms with Crippen molar-refractivity contribution >= 4 is 15.5 Å². The molecule has 0 saturated carbocycles. The van der Waals surface area contributed by atoms with E-state index >= 15 is 4.39 Å². The predicted molar refractivity (Wildman–Crippen MR) is 146 cm³/mol. The molecule has 3 aliphatic heterocycles. The molecule has 0 amide bonds. The highest BCUT2D eigenvalue weighted by Crippen LogP contribution is 2.33. The van der Waals surface area contributed by atoms with Gasteiger partial charge in [0.05, 0.1) is 10.6 Å². The highest BCUT2D eigenvalue weighted by atomic mass is 32.2. The van der Waals surface area contributed by atoms with Crippen molar-refractivity contribution in [1.29, 1.82) is 0 Å². The van der Waals surface area contributed by atoms with Crippen molar-refractivity contribution in [2.45, 2.75) is 61.4 Å². The topological polar surface area (TPSA) is 67.2 Å². The molecule has 5 heterocycles. The fourth-order valence-corrected chi connectivity index (χ4v) is 7.21. The quantitative estimate of drug-likeness (QED) is 0.479. The Morgan fingerprint density at radius 1 is 0.868 bits per heavy atom. The summed E-state index contributed by atoms with van der Waals surface area (Å²) in [4.78, 5) is 10.1. The van der Waals surface area contributed by atoms with Crippen LogP contribution in [0.4, 0.5) is 4.39 Å². The summed E-state index contributed by atoms with van der Waals surface area (Å²) in [6, 6.07) is 9.61. The fraction of sp³-hybridized carbons (Fsp3) is 0.552. The van der Waals surface area contributed by atoms with Crippen LogP contribution in [0.3, 0.4) is 0 Å². The van der Waals surface area contributed by atoms with E-state index in [0.29, 0.717) is 29.3 Å². The molecule has 7 nitrogen and oxygen atoms in total. The van der Waals surface area contributed by atoms with Crippen molar-refractivity contribution in [3.63, 3.8) is 0 Å². The number of aromatic nitrogens is 2. The summed E-state index contributed by atoms with van der Waals surface area (Å²) in [6.07, 6.45) is 11.9. The molecule has 3 aromatic rings. The molecule has 3 fully saturated rings. The van der Waals surface area contributed by atoms with Crippen LogP contribution < -0.4 is 0 Å². The van der Waals surface area contributed by atoms with Crippen LogP contribution in [0.1, 0.15) is 50.0 Å². The van der Waals surface area contributed by atoms with Crippen LogP contribution in [0.2, 0.25) is 0 Å². The number of ether oxygens (including phenoxy) is 1. The van der Waals surface area contributed by atoms with E-state index in [1.807, 2.05) is 12.4 Å². The number of pyridine rings is 1. The van der Waals surface area contributed by atoms with Crippen LogP contribution >= 0.6 is 0 Å². The molecular formula is C29H37FN4O3S. The molecule has 3 aliphatic rings. The number of fused-ring (bicyclic) bond motifs is 1. The molecule has 3 saturated heterocycles. The zero-order valence-electron chi connectivity index (χ0n) is 22.1. The minimum atomic E-state index is -3.27. The molecule has 0 spiro atoms. The molecule has 38 heavy (non-hydrogen) atoms. The van der Waals surface area contributed by atoms with Crippen molar-refractivity contribution in [2.24, 2.45) is 0 Å². The van der Waals surface area contributed by atoms with Gasteiger partial charge in [-0.1, -0.05) is 12.1 Å². The lowest BCUT2D eigenvalue weighted by Crippen LogP contribution is -2.50. The number of likely N-dealkylation sites (tertiary alicyclic amines) is 2. The van der Waals surface area contributed by atoms with Gasteiger partial charge in [-0.2, -0.15) is 0 Å². The number of sulfone groups is 1. The Morgan fingerprint density at radius 3 is 2.11 bits per heavy atom. The number of nitrogens with zero attached hydrogens (tertiary/aromatic N) is 4. The first-order chi connectivity index (χ1) is 18.3. The van der Waals surface area contributed by atoms with Crippen molar-refractivity contribution in [2.75, 3.05) is 45.6 Å². The van der Waals surface area contributed by atoms with Gasteiger partial charge < -0.3 is 18.9 Å². The zero-order valence-corrected chi connectivity index (χ0v) is 22.9. The summed E-state index contributed by atoms with van der Waals surface area (Å²) in [5.74, 6) is 0.0248. The Kier molecular flexibility index (Phi) is 7.28. The Bertz CT molecular complexity index is 1370. The monoisotopic (exact) mass is 540 g/mol. The standard InChI is InChI=1S/C29H37FN4O3S/c1-38(35,36)26-4-2-22(3-5-26)28-20-34-19-23(18-27(30)29(34)31-28)21-6-12-32(13-7-21)24-8-14-33(15-9-24)25-10-16-37-17-11-25/h2-5,18-21,24-25H,6-17H2,1H3. The van der Waals surface area contributed by atoms with Gasteiger partial charge in [-0.3, -0.25) is 0 Å². The van der Waals surface area contributed by atoms with Crippen molar-refractivity contribution in [3.05, 3.63) is 54.1 Å². The van der Waals surface area contributed by atoms with Gasteiger partial charge in [-0.15, -0.1) is 0 Å². The number of imidazole rings is 1. The van der Waals surface area contributed by atoms with E-state index in [9.17, 15) is 8.42 Å². The van der Waals surface area contributed by atoms with Crippen LogP contribution in [-0.4, -0.2) is 85.3 Å². The van der Waals surface area contributed by atoms with E-state index in [-0.39, 0.29) is 10.7 Å². The Labute approximate surface area is 224 Å². The zero-order chi connectivity index (χ0) is 26.3.